The van der Waals surface area contributed by atoms with Crippen LogP contribution in [0, 0.1) is 0 Å². The summed E-state index contributed by atoms with van der Waals surface area (Å²) in [5.74, 6) is -0.0879. The average Bonchev–Trinajstić information content (AvgIpc) is 3.03. The number of carbonyl (C=O) groups is 2. The minimum Gasteiger partial charge on any atom is -0.305 e. The Labute approximate surface area is 133 Å². The van der Waals surface area contributed by atoms with Crippen LogP contribution in [0.25, 0.3) is 5.65 Å². The van der Waals surface area contributed by atoms with E-state index in [-0.39, 0.29) is 18.4 Å². The highest BCUT2D eigenvalue weighted by atomic mass is 19.1. The molecule has 7 heteroatoms. The third kappa shape index (κ3) is 2.46. The summed E-state index contributed by atoms with van der Waals surface area (Å²) in [5.41, 5.74) is 2.30. The smallest absolute Gasteiger partial charge is 0.305 e. The minimum atomic E-state index is -1.19. The molecule has 1 unspecified atom stereocenters. The number of anilines is 1. The quantitative estimate of drug-likeness (QED) is 0.818. The second-order valence-electron chi connectivity index (χ2n) is 6.15. The van der Waals surface area contributed by atoms with Crippen molar-refractivity contribution in [2.45, 2.75) is 32.9 Å². The topological polar surface area (TPSA) is 57.9 Å². The number of aromatic nitrogens is 2. The lowest BCUT2D eigenvalue weighted by atomic mass is 10.2. The van der Waals surface area contributed by atoms with E-state index in [1.54, 1.807) is 16.7 Å². The fourth-order valence-electron chi connectivity index (χ4n) is 2.60. The first-order valence-corrected chi connectivity index (χ1v) is 7.54. The number of imidazole rings is 1. The zero-order valence-electron chi connectivity index (χ0n) is 13.6. The number of carbonyl (C=O) groups excluding carboxylic acids is 2. The van der Waals surface area contributed by atoms with Gasteiger partial charge in [0.1, 0.15) is 12.7 Å². The van der Waals surface area contributed by atoms with E-state index in [1.165, 1.54) is 18.9 Å². The average molecular weight is 318 g/mol. The first kappa shape index (κ1) is 15.5. The monoisotopic (exact) mass is 318 g/mol. The van der Waals surface area contributed by atoms with Gasteiger partial charge in [0.15, 0.2) is 5.65 Å². The van der Waals surface area contributed by atoms with Crippen molar-refractivity contribution in [3.05, 3.63) is 29.7 Å². The summed E-state index contributed by atoms with van der Waals surface area (Å²) in [5, 5.41) is 0. The van der Waals surface area contributed by atoms with E-state index in [0.717, 1.165) is 10.6 Å². The van der Waals surface area contributed by atoms with Gasteiger partial charge in [0.2, 0.25) is 5.91 Å². The molecule has 0 bridgehead atoms. The summed E-state index contributed by atoms with van der Waals surface area (Å²) in [4.78, 5) is 31.1. The van der Waals surface area contributed by atoms with Crippen molar-refractivity contribution < 1.29 is 14.0 Å². The molecule has 0 aromatic carbocycles. The molecule has 3 heterocycles. The van der Waals surface area contributed by atoms with Gasteiger partial charge in [0, 0.05) is 25.0 Å². The molecule has 1 aliphatic heterocycles. The zero-order chi connectivity index (χ0) is 16.9. The van der Waals surface area contributed by atoms with Crippen molar-refractivity contribution in [2.24, 2.45) is 0 Å². The summed E-state index contributed by atoms with van der Waals surface area (Å²) in [7, 11) is 1.44. The molecule has 0 N–H and O–H groups in total. The third-order valence-electron chi connectivity index (χ3n) is 4.10. The number of imide groups is 1. The molecule has 1 saturated heterocycles. The number of alkyl halides is 1. The molecule has 1 fully saturated rings. The Balaban J connectivity index is 2.21. The molecule has 1 aliphatic rings. The number of likely N-dealkylation sites (N-methyl/N-ethyl adjacent to an activating group) is 1. The molecule has 6 nitrogen and oxygen atoms in total. The highest BCUT2D eigenvalue weighted by molar-refractivity contribution is 6.13. The molecular weight excluding hydrogens is 299 g/mol. The summed E-state index contributed by atoms with van der Waals surface area (Å²) >= 11 is 0. The molecule has 0 saturated carbocycles. The summed E-state index contributed by atoms with van der Waals surface area (Å²) in [6, 6.07) is 1.18. The van der Waals surface area contributed by atoms with Gasteiger partial charge in [0.05, 0.1) is 11.4 Å². The lowest BCUT2D eigenvalue weighted by Gasteiger charge is -2.17. The molecule has 23 heavy (non-hydrogen) atoms. The van der Waals surface area contributed by atoms with E-state index >= 15 is 0 Å². The summed E-state index contributed by atoms with van der Waals surface area (Å²) in [6.07, 6.45) is 2.32. The standard InChI is InChI=1S/C16H19FN4O2/c1-9(2)12-7-20-6-11(10(3)17)5-13(15(20)18-12)21-8-14(22)19(4)16(21)23/h5-7,9-10H,8H2,1-4H3. The second-order valence-corrected chi connectivity index (χ2v) is 6.15. The van der Waals surface area contributed by atoms with Crippen molar-refractivity contribution in [1.82, 2.24) is 14.3 Å². The van der Waals surface area contributed by atoms with Crippen molar-refractivity contribution in [2.75, 3.05) is 18.5 Å². The Kier molecular flexibility index (Phi) is 3.58. The molecular formula is C16H19FN4O2. The minimum absolute atomic E-state index is 0.0566. The lowest BCUT2D eigenvalue weighted by molar-refractivity contribution is -0.123. The van der Waals surface area contributed by atoms with Crippen LogP contribution in [0.1, 0.15) is 44.1 Å². The Hall–Kier alpha value is -2.44. The Morgan fingerprint density at radius 1 is 1.22 bits per heavy atom. The predicted octanol–water partition coefficient (Wildman–Crippen LogP) is 2.89. The Bertz CT molecular complexity index is 797. The van der Waals surface area contributed by atoms with Gasteiger partial charge in [-0.3, -0.25) is 14.6 Å². The molecule has 122 valence electrons. The van der Waals surface area contributed by atoms with Crippen LogP contribution in [0.3, 0.4) is 0 Å². The van der Waals surface area contributed by atoms with E-state index in [1.807, 2.05) is 20.0 Å². The van der Waals surface area contributed by atoms with Gasteiger partial charge in [0.25, 0.3) is 0 Å². The van der Waals surface area contributed by atoms with Gasteiger partial charge in [-0.25, -0.2) is 14.2 Å². The summed E-state index contributed by atoms with van der Waals surface area (Å²) < 4.78 is 15.6. The van der Waals surface area contributed by atoms with Crippen molar-refractivity contribution >= 4 is 23.3 Å². The molecule has 1 atom stereocenters. The van der Waals surface area contributed by atoms with E-state index in [4.69, 9.17) is 0 Å². The van der Waals surface area contributed by atoms with Crippen LogP contribution in [0.4, 0.5) is 14.9 Å². The van der Waals surface area contributed by atoms with E-state index in [9.17, 15) is 14.0 Å². The first-order chi connectivity index (χ1) is 10.8. The normalized spacial score (nSPS) is 17.0. The van der Waals surface area contributed by atoms with Gasteiger partial charge < -0.3 is 4.40 Å². The van der Waals surface area contributed by atoms with Crippen molar-refractivity contribution in [3.63, 3.8) is 0 Å². The SMILES string of the molecule is CC(C)c1cn2cc(C(C)F)cc(N3CC(=O)N(C)C3=O)c2n1. The Morgan fingerprint density at radius 3 is 2.43 bits per heavy atom. The van der Waals surface area contributed by atoms with Gasteiger partial charge in [-0.2, -0.15) is 0 Å². The van der Waals surface area contributed by atoms with E-state index < -0.39 is 12.2 Å². The summed E-state index contributed by atoms with van der Waals surface area (Å²) in [6.45, 7) is 5.41. The number of fused-ring (bicyclic) bond motifs is 1. The molecule has 0 spiro atoms. The van der Waals surface area contributed by atoms with E-state index in [2.05, 4.69) is 4.98 Å². The van der Waals surface area contributed by atoms with Gasteiger partial charge in [-0.1, -0.05) is 13.8 Å². The number of urea groups is 1. The molecule has 2 aromatic heterocycles. The third-order valence-corrected chi connectivity index (χ3v) is 4.10. The van der Waals surface area contributed by atoms with Crippen LogP contribution in [0.2, 0.25) is 0 Å². The largest absolute Gasteiger partial charge is 0.331 e. The molecule has 0 aliphatic carbocycles. The fourth-order valence-corrected chi connectivity index (χ4v) is 2.60. The number of halogens is 1. The maximum atomic E-state index is 13.8. The van der Waals surface area contributed by atoms with Gasteiger partial charge in [-0.15, -0.1) is 0 Å². The molecule has 2 aromatic rings. The zero-order valence-corrected chi connectivity index (χ0v) is 13.6. The maximum absolute atomic E-state index is 13.8. The van der Waals surface area contributed by atoms with Crippen molar-refractivity contribution in [3.8, 4) is 0 Å². The van der Waals surface area contributed by atoms with Crippen LogP contribution in [0.5, 0.6) is 0 Å². The lowest BCUT2D eigenvalue weighted by Crippen LogP contribution is -2.30. The van der Waals surface area contributed by atoms with Crippen LogP contribution in [-0.4, -0.2) is 39.8 Å². The van der Waals surface area contributed by atoms with Crippen molar-refractivity contribution in [1.29, 1.82) is 0 Å². The van der Waals surface area contributed by atoms with Crippen LogP contribution >= 0.6 is 0 Å². The predicted molar refractivity (Wildman–Crippen MR) is 84.3 cm³/mol. The first-order valence-electron chi connectivity index (χ1n) is 7.54. The maximum Gasteiger partial charge on any atom is 0.331 e. The number of pyridine rings is 1. The number of rotatable bonds is 3. The highest BCUT2D eigenvalue weighted by Gasteiger charge is 2.35. The molecule has 0 radical (unpaired) electrons. The number of hydrogen-bond acceptors (Lipinski definition) is 3. The number of hydrogen-bond donors (Lipinski definition) is 0. The Morgan fingerprint density at radius 2 is 1.91 bits per heavy atom. The van der Waals surface area contributed by atoms with Crippen LogP contribution in [-0.2, 0) is 4.79 Å². The van der Waals surface area contributed by atoms with E-state index in [0.29, 0.717) is 16.9 Å². The fraction of sp³-hybridized carbons (Fsp3) is 0.438. The van der Waals surface area contributed by atoms with Gasteiger partial charge in [-0.05, 0) is 18.9 Å². The molecule has 3 rings (SSSR count). The number of nitrogens with zero attached hydrogens (tertiary/aromatic N) is 4. The van der Waals surface area contributed by atoms with Gasteiger partial charge >= 0.3 is 6.03 Å². The van der Waals surface area contributed by atoms with Crippen LogP contribution in [0.15, 0.2) is 18.5 Å². The highest BCUT2D eigenvalue weighted by Crippen LogP contribution is 2.30. The second kappa shape index (κ2) is 5.33. The molecule has 3 amide bonds. The number of amides is 3. The van der Waals surface area contributed by atoms with Crippen LogP contribution < -0.4 is 4.90 Å².